The Labute approximate surface area is 54.4 Å². The van der Waals surface area contributed by atoms with Gasteiger partial charge in [0.1, 0.15) is 0 Å². The molecular weight excluding hydrogens is 114 g/mol. The number of nitrogens with zero attached hydrogens (tertiary/aromatic N) is 3. The van der Waals surface area contributed by atoms with E-state index in [0.29, 0.717) is 0 Å². The van der Waals surface area contributed by atoms with Crippen LogP contribution in [-0.2, 0) is 6.54 Å². The molecule has 1 rings (SSSR count). The van der Waals surface area contributed by atoms with Crippen LogP contribution in [0.15, 0.2) is 19.0 Å². The molecule has 1 aromatic heterocycles. The molecule has 0 saturated heterocycles. The Bertz CT molecular complexity index is 161. The molecule has 0 saturated carbocycles. The molecule has 9 heavy (non-hydrogen) atoms. The van der Waals surface area contributed by atoms with Crippen LogP contribution in [0.1, 0.15) is 13.3 Å². The molecule has 0 atom stereocenters. The molecule has 0 N–H and O–H groups in total. The highest BCUT2D eigenvalue weighted by atomic mass is 15.1. The molecule has 3 nitrogen and oxygen atoms in total. The van der Waals surface area contributed by atoms with Gasteiger partial charge in [-0.1, -0.05) is 16.9 Å². The highest BCUT2D eigenvalue weighted by Gasteiger charge is 1.90. The fourth-order valence-corrected chi connectivity index (χ4v) is 0.673. The number of hydrogen-bond donors (Lipinski definition) is 0. The van der Waals surface area contributed by atoms with Crippen molar-refractivity contribution in [3.63, 3.8) is 0 Å². The third-order valence-electron chi connectivity index (χ3n) is 1.05. The summed E-state index contributed by atoms with van der Waals surface area (Å²) in [6.07, 6.45) is 6.21. The standard InChI is InChI=1S/C6H10N3/c1-2-3-9-5-7-4-8-6-9/h4-6H,2-3H2,1H3/q+1. The van der Waals surface area contributed by atoms with Gasteiger partial charge in [-0.05, 0) is 6.42 Å². The maximum atomic E-state index is 3.86. The van der Waals surface area contributed by atoms with Gasteiger partial charge in [-0.15, -0.1) is 0 Å². The summed E-state index contributed by atoms with van der Waals surface area (Å²) in [6, 6.07) is 0. The van der Waals surface area contributed by atoms with Gasteiger partial charge in [-0.3, -0.25) is 0 Å². The Kier molecular flexibility index (Phi) is 2.13. The van der Waals surface area contributed by atoms with E-state index in [-0.39, 0.29) is 0 Å². The molecule has 0 bridgehead atoms. The quantitative estimate of drug-likeness (QED) is 0.526. The molecule has 0 spiro atoms. The first-order valence-corrected chi connectivity index (χ1v) is 3.07. The highest BCUT2D eigenvalue weighted by Crippen LogP contribution is 1.71. The highest BCUT2D eigenvalue weighted by molar-refractivity contribution is 4.42. The second kappa shape index (κ2) is 3.12. The van der Waals surface area contributed by atoms with Crippen molar-refractivity contribution in [1.82, 2.24) is 9.97 Å². The summed E-state index contributed by atoms with van der Waals surface area (Å²) in [7, 11) is 0. The zero-order valence-electron chi connectivity index (χ0n) is 5.49. The Morgan fingerprint density at radius 3 is 2.56 bits per heavy atom. The minimum Gasteiger partial charge on any atom is -0.240 e. The van der Waals surface area contributed by atoms with Crippen molar-refractivity contribution in [1.29, 1.82) is 0 Å². The molecule has 0 unspecified atom stereocenters. The Hall–Kier alpha value is -0.990. The summed E-state index contributed by atoms with van der Waals surface area (Å²) in [5.41, 5.74) is 0. The Balaban J connectivity index is 2.61. The minimum atomic E-state index is 1.00. The van der Waals surface area contributed by atoms with Crippen molar-refractivity contribution in [2.45, 2.75) is 19.9 Å². The maximum Gasteiger partial charge on any atom is 0.263 e. The van der Waals surface area contributed by atoms with Crippen LogP contribution < -0.4 is 4.57 Å². The molecule has 0 amide bonds. The second-order valence-corrected chi connectivity index (χ2v) is 1.88. The number of rotatable bonds is 2. The Morgan fingerprint density at radius 2 is 2.00 bits per heavy atom. The molecular formula is C6H10N3+. The predicted octanol–water partition coefficient (Wildman–Crippen LogP) is 0.174. The van der Waals surface area contributed by atoms with Crippen LogP contribution in [0, 0.1) is 0 Å². The maximum absolute atomic E-state index is 3.86. The fraction of sp³-hybridized carbons (Fsp3) is 0.500. The summed E-state index contributed by atoms with van der Waals surface area (Å²) < 4.78 is 1.96. The fourth-order valence-electron chi connectivity index (χ4n) is 0.673. The summed E-state index contributed by atoms with van der Waals surface area (Å²) >= 11 is 0. The molecule has 48 valence electrons. The number of aromatic nitrogens is 3. The Morgan fingerprint density at radius 1 is 1.33 bits per heavy atom. The van der Waals surface area contributed by atoms with Crippen molar-refractivity contribution in [3.05, 3.63) is 19.0 Å². The van der Waals surface area contributed by atoms with E-state index in [1.807, 2.05) is 4.57 Å². The zero-order valence-corrected chi connectivity index (χ0v) is 5.49. The smallest absolute Gasteiger partial charge is 0.240 e. The molecule has 0 fully saturated rings. The van der Waals surface area contributed by atoms with Crippen LogP contribution in [-0.4, -0.2) is 9.97 Å². The third-order valence-corrected chi connectivity index (χ3v) is 1.05. The lowest BCUT2D eigenvalue weighted by Gasteiger charge is -1.90. The molecule has 0 aliphatic heterocycles. The van der Waals surface area contributed by atoms with Gasteiger partial charge in [0.25, 0.3) is 6.33 Å². The molecule has 1 aromatic rings. The zero-order chi connectivity index (χ0) is 6.53. The van der Waals surface area contributed by atoms with E-state index in [9.17, 15) is 0 Å². The van der Waals surface area contributed by atoms with Crippen LogP contribution in [0.5, 0.6) is 0 Å². The van der Waals surface area contributed by atoms with Crippen molar-refractivity contribution in [2.24, 2.45) is 0 Å². The van der Waals surface area contributed by atoms with Crippen LogP contribution in [0.2, 0.25) is 0 Å². The molecule has 0 aliphatic carbocycles. The van der Waals surface area contributed by atoms with Crippen LogP contribution in [0.25, 0.3) is 0 Å². The van der Waals surface area contributed by atoms with Crippen molar-refractivity contribution >= 4 is 0 Å². The first-order valence-electron chi connectivity index (χ1n) is 3.07. The molecule has 1 heterocycles. The van der Waals surface area contributed by atoms with E-state index in [2.05, 4.69) is 16.9 Å². The normalized spacial score (nSPS) is 9.44. The first kappa shape index (κ1) is 6.13. The molecule has 0 radical (unpaired) electrons. The SMILES string of the molecule is CCC[n+]1cncnc1. The van der Waals surface area contributed by atoms with Gasteiger partial charge in [0.05, 0.1) is 6.54 Å². The minimum absolute atomic E-state index is 1.00. The summed E-state index contributed by atoms with van der Waals surface area (Å²) in [6.45, 7) is 3.13. The average molecular weight is 124 g/mol. The van der Waals surface area contributed by atoms with Crippen LogP contribution in [0.3, 0.4) is 0 Å². The summed E-state index contributed by atoms with van der Waals surface area (Å²) in [5.74, 6) is 0. The average Bonchev–Trinajstić information content (AvgIpc) is 1.91. The number of hydrogen-bond acceptors (Lipinski definition) is 2. The van der Waals surface area contributed by atoms with E-state index in [1.54, 1.807) is 12.7 Å². The van der Waals surface area contributed by atoms with Crippen molar-refractivity contribution in [2.75, 3.05) is 0 Å². The lowest BCUT2D eigenvalue weighted by Crippen LogP contribution is -2.33. The van der Waals surface area contributed by atoms with Gasteiger partial charge in [-0.2, -0.15) is 0 Å². The predicted molar refractivity (Wildman–Crippen MR) is 32.5 cm³/mol. The molecule has 3 heteroatoms. The van der Waals surface area contributed by atoms with E-state index in [1.165, 1.54) is 6.33 Å². The van der Waals surface area contributed by atoms with E-state index in [0.717, 1.165) is 13.0 Å². The first-order chi connectivity index (χ1) is 4.43. The summed E-state index contributed by atoms with van der Waals surface area (Å²) in [5, 5.41) is 0. The van der Waals surface area contributed by atoms with Gasteiger partial charge in [0, 0.05) is 0 Å². The van der Waals surface area contributed by atoms with E-state index < -0.39 is 0 Å². The largest absolute Gasteiger partial charge is 0.263 e. The van der Waals surface area contributed by atoms with Crippen molar-refractivity contribution in [3.8, 4) is 0 Å². The van der Waals surface area contributed by atoms with Gasteiger partial charge in [0.15, 0.2) is 0 Å². The monoisotopic (exact) mass is 124 g/mol. The second-order valence-electron chi connectivity index (χ2n) is 1.88. The number of aryl methyl sites for hydroxylation is 1. The lowest BCUT2D eigenvalue weighted by molar-refractivity contribution is -0.702. The van der Waals surface area contributed by atoms with Crippen LogP contribution in [0.4, 0.5) is 0 Å². The molecule has 0 aromatic carbocycles. The van der Waals surface area contributed by atoms with Gasteiger partial charge in [-0.25, -0.2) is 4.57 Å². The lowest BCUT2D eigenvalue weighted by atomic mass is 10.5. The van der Waals surface area contributed by atoms with Crippen molar-refractivity contribution < 1.29 is 4.57 Å². The third kappa shape index (κ3) is 1.76. The van der Waals surface area contributed by atoms with E-state index in [4.69, 9.17) is 0 Å². The van der Waals surface area contributed by atoms with Gasteiger partial charge in [0.2, 0.25) is 12.7 Å². The molecule has 0 aliphatic rings. The van der Waals surface area contributed by atoms with Crippen LogP contribution >= 0.6 is 0 Å². The topological polar surface area (TPSA) is 29.7 Å². The van der Waals surface area contributed by atoms with Gasteiger partial charge >= 0.3 is 0 Å². The summed E-state index contributed by atoms with van der Waals surface area (Å²) in [4.78, 5) is 7.71. The van der Waals surface area contributed by atoms with Gasteiger partial charge < -0.3 is 0 Å². The van der Waals surface area contributed by atoms with E-state index >= 15 is 0 Å².